The second-order valence-electron chi connectivity index (χ2n) is 3.69. The Morgan fingerprint density at radius 3 is 3.00 bits per heavy atom. The molecule has 3 heteroatoms. The lowest BCUT2D eigenvalue weighted by Gasteiger charge is -2.28. The molecule has 0 amide bonds. The highest BCUT2D eigenvalue weighted by atomic mass is 32.2. The van der Waals surface area contributed by atoms with E-state index in [0.29, 0.717) is 5.92 Å². The molecule has 0 fully saturated rings. The van der Waals surface area contributed by atoms with Crippen molar-refractivity contribution in [3.63, 3.8) is 0 Å². The second-order valence-corrected chi connectivity index (χ2v) is 4.72. The molecule has 2 nitrogen and oxygen atoms in total. The van der Waals surface area contributed by atoms with Gasteiger partial charge in [0.2, 0.25) is 0 Å². The molecule has 0 aromatic heterocycles. The third-order valence-electron chi connectivity index (χ3n) is 2.69. The predicted octanol–water partition coefficient (Wildman–Crippen LogP) is 2.44. The fraction of sp³-hybridized carbons (Fsp3) is 0.455. The third-order valence-corrected chi connectivity index (χ3v) is 4.11. The SMILES string of the molecule is COc1cccc2c1SCC(C)C2N. The third kappa shape index (κ3) is 1.51. The summed E-state index contributed by atoms with van der Waals surface area (Å²) >= 11 is 1.85. The summed E-state index contributed by atoms with van der Waals surface area (Å²) < 4.78 is 5.32. The van der Waals surface area contributed by atoms with Gasteiger partial charge in [0.15, 0.2) is 0 Å². The van der Waals surface area contributed by atoms with E-state index >= 15 is 0 Å². The summed E-state index contributed by atoms with van der Waals surface area (Å²) in [4.78, 5) is 1.22. The van der Waals surface area contributed by atoms with Gasteiger partial charge in [0.05, 0.1) is 12.0 Å². The van der Waals surface area contributed by atoms with Gasteiger partial charge < -0.3 is 10.5 Å². The summed E-state index contributed by atoms with van der Waals surface area (Å²) in [6.45, 7) is 2.19. The summed E-state index contributed by atoms with van der Waals surface area (Å²) in [5, 5.41) is 0. The Bertz CT molecular complexity index is 340. The van der Waals surface area contributed by atoms with Crippen LogP contribution < -0.4 is 10.5 Å². The van der Waals surface area contributed by atoms with E-state index in [4.69, 9.17) is 10.5 Å². The summed E-state index contributed by atoms with van der Waals surface area (Å²) in [5.41, 5.74) is 7.37. The molecule has 0 bridgehead atoms. The molecule has 0 aliphatic carbocycles. The van der Waals surface area contributed by atoms with Crippen LogP contribution in [0.5, 0.6) is 5.75 Å². The normalized spacial score (nSPS) is 25.6. The van der Waals surface area contributed by atoms with E-state index < -0.39 is 0 Å². The number of methoxy groups -OCH3 is 1. The molecular weight excluding hydrogens is 194 g/mol. The van der Waals surface area contributed by atoms with Crippen LogP contribution in [0.1, 0.15) is 18.5 Å². The number of nitrogens with two attached hydrogens (primary N) is 1. The molecule has 1 aromatic rings. The van der Waals surface area contributed by atoms with Crippen LogP contribution in [-0.2, 0) is 0 Å². The number of ether oxygens (including phenoxy) is 1. The zero-order chi connectivity index (χ0) is 10.1. The number of fused-ring (bicyclic) bond motifs is 1. The fourth-order valence-electron chi connectivity index (χ4n) is 1.74. The minimum Gasteiger partial charge on any atom is -0.496 e. The smallest absolute Gasteiger partial charge is 0.132 e. The van der Waals surface area contributed by atoms with Gasteiger partial charge >= 0.3 is 0 Å². The first kappa shape index (κ1) is 9.87. The summed E-state index contributed by atoms with van der Waals surface area (Å²) in [5.74, 6) is 2.57. The first-order valence-electron chi connectivity index (χ1n) is 4.79. The van der Waals surface area contributed by atoms with Gasteiger partial charge in [0, 0.05) is 11.8 Å². The van der Waals surface area contributed by atoms with Crippen molar-refractivity contribution in [1.82, 2.24) is 0 Å². The molecule has 14 heavy (non-hydrogen) atoms. The molecule has 1 aromatic carbocycles. The van der Waals surface area contributed by atoms with E-state index in [-0.39, 0.29) is 6.04 Å². The van der Waals surface area contributed by atoms with Crippen molar-refractivity contribution in [2.24, 2.45) is 11.7 Å². The molecule has 0 saturated carbocycles. The standard InChI is InChI=1S/C11H15NOS/c1-7-6-14-11-8(10(7)12)4-3-5-9(11)13-2/h3-5,7,10H,6,12H2,1-2H3. The molecule has 0 radical (unpaired) electrons. The quantitative estimate of drug-likeness (QED) is 0.771. The first-order chi connectivity index (χ1) is 6.74. The van der Waals surface area contributed by atoms with E-state index in [1.165, 1.54) is 10.5 Å². The molecule has 76 valence electrons. The first-order valence-corrected chi connectivity index (χ1v) is 5.78. The van der Waals surface area contributed by atoms with Crippen molar-refractivity contribution in [2.75, 3.05) is 12.9 Å². The maximum Gasteiger partial charge on any atom is 0.132 e. The average molecular weight is 209 g/mol. The molecule has 2 unspecified atom stereocenters. The van der Waals surface area contributed by atoms with Gasteiger partial charge in [-0.05, 0) is 17.5 Å². The number of benzene rings is 1. The summed E-state index contributed by atoms with van der Waals surface area (Å²) in [7, 11) is 1.71. The Hall–Kier alpha value is -0.670. The molecule has 2 atom stereocenters. The van der Waals surface area contributed by atoms with Gasteiger partial charge in [-0.2, -0.15) is 0 Å². The molecule has 0 saturated heterocycles. The molecule has 2 rings (SSSR count). The van der Waals surface area contributed by atoms with Crippen LogP contribution in [0.25, 0.3) is 0 Å². The maximum absolute atomic E-state index is 6.14. The lowest BCUT2D eigenvalue weighted by molar-refractivity contribution is 0.398. The number of hydrogen-bond donors (Lipinski definition) is 1. The van der Waals surface area contributed by atoms with E-state index in [0.717, 1.165) is 11.5 Å². The maximum atomic E-state index is 6.14. The number of thioether (sulfide) groups is 1. The van der Waals surface area contributed by atoms with Gasteiger partial charge in [-0.25, -0.2) is 0 Å². The van der Waals surface area contributed by atoms with E-state index in [2.05, 4.69) is 13.0 Å². The van der Waals surface area contributed by atoms with Crippen molar-refractivity contribution in [3.05, 3.63) is 23.8 Å². The van der Waals surface area contributed by atoms with Gasteiger partial charge in [-0.1, -0.05) is 19.1 Å². The van der Waals surface area contributed by atoms with Crippen molar-refractivity contribution in [2.45, 2.75) is 17.9 Å². The second kappa shape index (κ2) is 3.83. The lowest BCUT2D eigenvalue weighted by Crippen LogP contribution is -2.24. The topological polar surface area (TPSA) is 35.2 Å². The van der Waals surface area contributed by atoms with Gasteiger partial charge in [0.25, 0.3) is 0 Å². The molecule has 1 aliphatic rings. The van der Waals surface area contributed by atoms with E-state index in [1.54, 1.807) is 7.11 Å². The monoisotopic (exact) mass is 209 g/mol. The Balaban J connectivity index is 2.47. The van der Waals surface area contributed by atoms with Crippen LogP contribution >= 0.6 is 11.8 Å². The summed E-state index contributed by atoms with van der Waals surface area (Å²) in [6, 6.07) is 6.26. The summed E-state index contributed by atoms with van der Waals surface area (Å²) in [6.07, 6.45) is 0. The number of rotatable bonds is 1. The van der Waals surface area contributed by atoms with Gasteiger partial charge in [-0.15, -0.1) is 11.8 Å². The molecule has 1 heterocycles. The highest BCUT2D eigenvalue weighted by molar-refractivity contribution is 7.99. The van der Waals surface area contributed by atoms with Crippen LogP contribution in [0.2, 0.25) is 0 Å². The fourth-order valence-corrected chi connectivity index (χ4v) is 3.04. The molecular formula is C11H15NOS. The number of hydrogen-bond acceptors (Lipinski definition) is 3. The van der Waals surface area contributed by atoms with Gasteiger partial charge in [0.1, 0.15) is 5.75 Å². The highest BCUT2D eigenvalue weighted by Crippen LogP contribution is 2.42. The zero-order valence-electron chi connectivity index (χ0n) is 8.49. The molecule has 0 spiro atoms. The Morgan fingerprint density at radius 2 is 2.29 bits per heavy atom. The van der Waals surface area contributed by atoms with Gasteiger partial charge in [-0.3, -0.25) is 0 Å². The molecule has 2 N–H and O–H groups in total. The lowest BCUT2D eigenvalue weighted by atomic mass is 9.96. The van der Waals surface area contributed by atoms with Crippen LogP contribution in [0.4, 0.5) is 0 Å². The Morgan fingerprint density at radius 1 is 1.50 bits per heavy atom. The van der Waals surface area contributed by atoms with Crippen molar-refractivity contribution >= 4 is 11.8 Å². The van der Waals surface area contributed by atoms with E-state index in [9.17, 15) is 0 Å². The van der Waals surface area contributed by atoms with Crippen LogP contribution in [0.15, 0.2) is 23.1 Å². The average Bonchev–Trinajstić information content (AvgIpc) is 2.23. The highest BCUT2D eigenvalue weighted by Gasteiger charge is 2.25. The zero-order valence-corrected chi connectivity index (χ0v) is 9.30. The predicted molar refractivity (Wildman–Crippen MR) is 59.8 cm³/mol. The minimum atomic E-state index is 0.154. The minimum absolute atomic E-state index is 0.154. The molecule has 1 aliphatic heterocycles. The van der Waals surface area contributed by atoms with Crippen LogP contribution in [0.3, 0.4) is 0 Å². The van der Waals surface area contributed by atoms with Crippen molar-refractivity contribution < 1.29 is 4.74 Å². The Labute approximate surface area is 88.8 Å². The Kier molecular flexibility index (Phi) is 2.70. The van der Waals surface area contributed by atoms with Crippen molar-refractivity contribution in [1.29, 1.82) is 0 Å². The van der Waals surface area contributed by atoms with E-state index in [1.807, 2.05) is 23.9 Å². The van der Waals surface area contributed by atoms with Crippen LogP contribution in [0, 0.1) is 5.92 Å². The largest absolute Gasteiger partial charge is 0.496 e. The van der Waals surface area contributed by atoms with Crippen molar-refractivity contribution in [3.8, 4) is 5.75 Å². The van der Waals surface area contributed by atoms with Crippen LogP contribution in [-0.4, -0.2) is 12.9 Å².